The van der Waals surface area contributed by atoms with Crippen LogP contribution in [0.15, 0.2) is 48.5 Å². The first-order valence-corrected chi connectivity index (χ1v) is 11.6. The summed E-state index contributed by atoms with van der Waals surface area (Å²) in [5, 5.41) is 12.0. The number of ether oxygens (including phenoxy) is 1. The Hall–Kier alpha value is -3.35. The van der Waals surface area contributed by atoms with E-state index in [2.05, 4.69) is 29.6 Å². The van der Waals surface area contributed by atoms with Gasteiger partial charge in [-0.1, -0.05) is 61.9 Å². The first-order chi connectivity index (χ1) is 16.0. The number of carbonyl (C=O) groups excluding carboxylic acids is 2. The number of hydrogen-bond donors (Lipinski definition) is 2. The summed E-state index contributed by atoms with van der Waals surface area (Å²) in [5.74, 6) is -1.29. The minimum absolute atomic E-state index is 0.00494. The molecule has 0 unspecified atom stereocenters. The van der Waals surface area contributed by atoms with Crippen molar-refractivity contribution >= 4 is 18.0 Å². The van der Waals surface area contributed by atoms with E-state index >= 15 is 0 Å². The van der Waals surface area contributed by atoms with Crippen LogP contribution in [0.5, 0.6) is 0 Å². The van der Waals surface area contributed by atoms with Crippen molar-refractivity contribution in [1.82, 2.24) is 10.2 Å². The van der Waals surface area contributed by atoms with Gasteiger partial charge >= 0.3 is 12.1 Å². The number of nitrogens with one attached hydrogen (secondary N) is 1. The van der Waals surface area contributed by atoms with Gasteiger partial charge in [-0.25, -0.2) is 4.79 Å². The third-order valence-corrected chi connectivity index (χ3v) is 6.34. The maximum Gasteiger partial charge on any atom is 0.407 e. The molecular formula is C26H30N2O5. The predicted molar refractivity (Wildman–Crippen MR) is 124 cm³/mol. The van der Waals surface area contributed by atoms with E-state index in [1.807, 2.05) is 31.2 Å². The topological polar surface area (TPSA) is 95.9 Å². The highest BCUT2D eigenvalue weighted by Gasteiger charge is 2.35. The van der Waals surface area contributed by atoms with Crippen LogP contribution in [0.1, 0.15) is 56.1 Å². The van der Waals surface area contributed by atoms with Crippen LogP contribution in [0.2, 0.25) is 0 Å². The lowest BCUT2D eigenvalue weighted by Gasteiger charge is -2.24. The Morgan fingerprint density at radius 2 is 1.67 bits per heavy atom. The Morgan fingerprint density at radius 1 is 1.06 bits per heavy atom. The van der Waals surface area contributed by atoms with E-state index in [0.717, 1.165) is 41.5 Å². The second-order valence-corrected chi connectivity index (χ2v) is 8.81. The van der Waals surface area contributed by atoms with Crippen molar-refractivity contribution in [2.24, 2.45) is 0 Å². The molecule has 1 fully saturated rings. The molecule has 7 nitrogen and oxygen atoms in total. The fraction of sp³-hybridized carbons (Fsp3) is 0.423. The number of aliphatic carboxylic acids is 1. The summed E-state index contributed by atoms with van der Waals surface area (Å²) in [6.45, 7) is 1.89. The number of rotatable bonds is 10. The van der Waals surface area contributed by atoms with Gasteiger partial charge in [0.2, 0.25) is 5.91 Å². The van der Waals surface area contributed by atoms with Crippen molar-refractivity contribution in [1.29, 1.82) is 0 Å². The van der Waals surface area contributed by atoms with E-state index in [9.17, 15) is 14.4 Å². The van der Waals surface area contributed by atoms with E-state index in [1.165, 1.54) is 4.90 Å². The summed E-state index contributed by atoms with van der Waals surface area (Å²) < 4.78 is 5.61. The molecule has 2 aromatic rings. The molecule has 0 aliphatic heterocycles. The maximum atomic E-state index is 12.7. The van der Waals surface area contributed by atoms with Gasteiger partial charge in [0.05, 0.1) is 0 Å². The molecule has 4 rings (SSSR count). The zero-order valence-corrected chi connectivity index (χ0v) is 18.8. The molecule has 2 aliphatic rings. The molecule has 0 saturated heterocycles. The lowest BCUT2D eigenvalue weighted by molar-refractivity contribution is -0.145. The van der Waals surface area contributed by atoms with Crippen molar-refractivity contribution < 1.29 is 24.2 Å². The Morgan fingerprint density at radius 3 is 2.21 bits per heavy atom. The number of nitrogens with zero attached hydrogens (tertiary/aromatic N) is 1. The van der Waals surface area contributed by atoms with Gasteiger partial charge in [-0.05, 0) is 41.5 Å². The Bertz CT molecular complexity index is 987. The van der Waals surface area contributed by atoms with Crippen LogP contribution in [-0.2, 0) is 14.3 Å². The SMILES string of the molecule is CCC[C@H](CC(=O)N(CC(=O)O)C1CC1)NC(=O)OCC1c2ccccc2-c2ccccc21. The van der Waals surface area contributed by atoms with E-state index in [-0.39, 0.29) is 37.4 Å². The minimum atomic E-state index is -1.02. The zero-order valence-electron chi connectivity index (χ0n) is 18.8. The standard InChI is InChI=1S/C26H30N2O5/c1-2-7-17(14-24(29)28(15-25(30)31)18-12-13-18)27-26(32)33-16-23-21-10-5-3-8-19(21)20-9-4-6-11-22(20)23/h3-6,8-11,17-18,23H,2,7,12-16H2,1H3,(H,27,32)(H,30,31)/t17-/m1/s1. The van der Waals surface area contributed by atoms with Crippen LogP contribution in [0.4, 0.5) is 4.79 Å². The summed E-state index contributed by atoms with van der Waals surface area (Å²) in [6, 6.07) is 15.9. The molecule has 1 saturated carbocycles. The van der Waals surface area contributed by atoms with Gasteiger partial charge < -0.3 is 20.1 Å². The molecule has 0 heterocycles. The Kier molecular flexibility index (Phi) is 6.96. The van der Waals surface area contributed by atoms with Gasteiger partial charge in [-0.15, -0.1) is 0 Å². The maximum absolute atomic E-state index is 12.7. The molecule has 33 heavy (non-hydrogen) atoms. The van der Waals surface area contributed by atoms with Crippen LogP contribution in [0, 0.1) is 0 Å². The number of amides is 2. The van der Waals surface area contributed by atoms with Crippen molar-refractivity contribution in [2.75, 3.05) is 13.2 Å². The van der Waals surface area contributed by atoms with Crippen molar-refractivity contribution in [3.63, 3.8) is 0 Å². The van der Waals surface area contributed by atoms with Crippen LogP contribution in [-0.4, -0.2) is 53.2 Å². The number of fused-ring (bicyclic) bond motifs is 3. The number of carboxylic acids is 1. The third-order valence-electron chi connectivity index (χ3n) is 6.34. The van der Waals surface area contributed by atoms with Gasteiger partial charge in [0.25, 0.3) is 0 Å². The smallest absolute Gasteiger partial charge is 0.407 e. The van der Waals surface area contributed by atoms with Crippen LogP contribution < -0.4 is 5.32 Å². The molecule has 0 radical (unpaired) electrons. The minimum Gasteiger partial charge on any atom is -0.480 e. The van der Waals surface area contributed by atoms with E-state index < -0.39 is 18.1 Å². The molecule has 2 amide bonds. The monoisotopic (exact) mass is 450 g/mol. The number of carboxylic acid groups (broad SMARTS) is 1. The van der Waals surface area contributed by atoms with Gasteiger partial charge in [0.1, 0.15) is 13.2 Å². The molecule has 0 bridgehead atoms. The highest BCUT2D eigenvalue weighted by Crippen LogP contribution is 2.44. The molecule has 174 valence electrons. The van der Waals surface area contributed by atoms with Crippen molar-refractivity contribution in [3.8, 4) is 11.1 Å². The van der Waals surface area contributed by atoms with Gasteiger partial charge in [0.15, 0.2) is 0 Å². The van der Waals surface area contributed by atoms with E-state index in [4.69, 9.17) is 9.84 Å². The molecule has 0 aromatic heterocycles. The fourth-order valence-electron chi connectivity index (χ4n) is 4.66. The quantitative estimate of drug-likeness (QED) is 0.567. The van der Waals surface area contributed by atoms with Crippen LogP contribution in [0.25, 0.3) is 11.1 Å². The molecule has 0 spiro atoms. The number of hydrogen-bond acceptors (Lipinski definition) is 4. The van der Waals surface area contributed by atoms with Crippen molar-refractivity contribution in [3.05, 3.63) is 59.7 Å². The lowest BCUT2D eigenvalue weighted by Crippen LogP contribution is -2.43. The Labute approximate surface area is 193 Å². The second kappa shape index (κ2) is 10.1. The fourth-order valence-corrected chi connectivity index (χ4v) is 4.66. The highest BCUT2D eigenvalue weighted by molar-refractivity contribution is 5.83. The molecule has 2 aromatic carbocycles. The van der Waals surface area contributed by atoms with Gasteiger partial charge in [-0.2, -0.15) is 0 Å². The molecule has 1 atom stereocenters. The summed E-state index contributed by atoms with van der Waals surface area (Å²) >= 11 is 0. The summed E-state index contributed by atoms with van der Waals surface area (Å²) in [4.78, 5) is 37.9. The summed E-state index contributed by atoms with van der Waals surface area (Å²) in [7, 11) is 0. The van der Waals surface area contributed by atoms with E-state index in [0.29, 0.717) is 6.42 Å². The summed E-state index contributed by atoms with van der Waals surface area (Å²) in [6.07, 6.45) is 2.57. The summed E-state index contributed by atoms with van der Waals surface area (Å²) in [5.41, 5.74) is 4.60. The van der Waals surface area contributed by atoms with Crippen LogP contribution in [0.3, 0.4) is 0 Å². The van der Waals surface area contributed by atoms with Crippen molar-refractivity contribution in [2.45, 2.75) is 57.0 Å². The average Bonchev–Trinajstić information content (AvgIpc) is 3.58. The number of carbonyl (C=O) groups is 3. The molecule has 2 aliphatic carbocycles. The largest absolute Gasteiger partial charge is 0.480 e. The normalized spacial score (nSPS) is 15.3. The molecule has 7 heteroatoms. The van der Waals surface area contributed by atoms with Gasteiger partial charge in [-0.3, -0.25) is 9.59 Å². The van der Waals surface area contributed by atoms with Crippen LogP contribution >= 0.6 is 0 Å². The molecular weight excluding hydrogens is 420 g/mol. The van der Waals surface area contributed by atoms with E-state index in [1.54, 1.807) is 0 Å². The number of alkyl carbamates (subject to hydrolysis) is 1. The second-order valence-electron chi connectivity index (χ2n) is 8.81. The molecule has 2 N–H and O–H groups in total. The first kappa shape index (κ1) is 22.8. The van der Waals surface area contributed by atoms with Gasteiger partial charge in [0, 0.05) is 24.4 Å². The number of benzene rings is 2. The predicted octanol–water partition coefficient (Wildman–Crippen LogP) is 4.16. The lowest BCUT2D eigenvalue weighted by atomic mass is 9.98. The third kappa shape index (κ3) is 5.35. The Balaban J connectivity index is 1.37. The highest BCUT2D eigenvalue weighted by atomic mass is 16.5. The first-order valence-electron chi connectivity index (χ1n) is 11.6. The average molecular weight is 451 g/mol. The zero-order chi connectivity index (χ0) is 23.4.